The van der Waals surface area contributed by atoms with Crippen molar-refractivity contribution in [1.29, 1.82) is 0 Å². The van der Waals surface area contributed by atoms with E-state index in [2.05, 4.69) is 0 Å². The number of hydrogen-bond donors (Lipinski definition) is 3. The number of amides is 1. The second kappa shape index (κ2) is 4.42. The molecule has 1 aliphatic heterocycles. The van der Waals surface area contributed by atoms with Crippen molar-refractivity contribution in [3.05, 3.63) is 22.3 Å². The first kappa shape index (κ1) is 13.7. The summed E-state index contributed by atoms with van der Waals surface area (Å²) in [6.07, 6.45) is 1.08. The van der Waals surface area contributed by atoms with Crippen molar-refractivity contribution < 1.29 is 19.8 Å². The molecule has 1 amide bonds. The number of nitrogens with one attached hydrogen (secondary N) is 1. The first-order valence-electron chi connectivity index (χ1n) is 6.27. The molecule has 0 radical (unpaired) electrons. The highest BCUT2D eigenvalue weighted by atomic mass is 16.5. The van der Waals surface area contributed by atoms with E-state index in [1.165, 1.54) is 0 Å². The predicted molar refractivity (Wildman–Crippen MR) is 69.6 cm³/mol. The smallest absolute Gasteiger partial charge is 0.287 e. The van der Waals surface area contributed by atoms with Crippen LogP contribution in [0, 0.1) is 20.8 Å². The van der Waals surface area contributed by atoms with Crippen LogP contribution in [0.2, 0.25) is 0 Å². The molecule has 1 aliphatic rings. The van der Waals surface area contributed by atoms with Crippen LogP contribution < -0.4 is 10.2 Å². The molecule has 0 spiro atoms. The topological polar surface area (TPSA) is 78.8 Å². The normalized spacial score (nSPS) is 21.5. The van der Waals surface area contributed by atoms with E-state index in [-0.39, 0.29) is 5.75 Å². The average molecular weight is 265 g/mol. The van der Waals surface area contributed by atoms with Crippen LogP contribution in [0.4, 0.5) is 0 Å². The molecule has 19 heavy (non-hydrogen) atoms. The SMILES string of the molecule is Cc1c(C)c2c(c(C)c1O)CC[C@](C)(C(=O)NO)O2. The standard InChI is InChI=1S/C14H19NO4/c1-7-8(2)12-10(9(3)11(7)16)5-6-14(4,19-12)13(17)15-18/h16,18H,5-6H2,1-4H3,(H,15,17)/t14-/m1/s1. The summed E-state index contributed by atoms with van der Waals surface area (Å²) in [6, 6.07) is 0. The maximum absolute atomic E-state index is 11.7. The number of phenols is 1. The van der Waals surface area contributed by atoms with Crippen LogP contribution >= 0.6 is 0 Å². The van der Waals surface area contributed by atoms with Crippen molar-refractivity contribution in [2.75, 3.05) is 0 Å². The number of aromatic hydroxyl groups is 1. The van der Waals surface area contributed by atoms with E-state index in [1.54, 1.807) is 12.4 Å². The van der Waals surface area contributed by atoms with Gasteiger partial charge in [0, 0.05) is 12.0 Å². The first-order valence-corrected chi connectivity index (χ1v) is 6.27. The van der Waals surface area contributed by atoms with Crippen LogP contribution in [-0.2, 0) is 11.2 Å². The fourth-order valence-corrected chi connectivity index (χ4v) is 2.53. The minimum atomic E-state index is -1.08. The van der Waals surface area contributed by atoms with Crippen LogP contribution in [0.25, 0.3) is 0 Å². The maximum atomic E-state index is 11.7. The largest absolute Gasteiger partial charge is 0.507 e. The third-order valence-electron chi connectivity index (χ3n) is 4.10. The molecule has 1 heterocycles. The Hall–Kier alpha value is -1.75. The number of carbonyl (C=O) groups is 1. The monoisotopic (exact) mass is 265 g/mol. The van der Waals surface area contributed by atoms with Crippen molar-refractivity contribution in [3.63, 3.8) is 0 Å². The summed E-state index contributed by atoms with van der Waals surface area (Å²) < 4.78 is 5.84. The second-order valence-electron chi connectivity index (χ2n) is 5.31. The molecular weight excluding hydrogens is 246 g/mol. The molecule has 0 bridgehead atoms. The molecule has 2 rings (SSSR count). The van der Waals surface area contributed by atoms with Crippen LogP contribution in [-0.4, -0.2) is 21.8 Å². The van der Waals surface area contributed by atoms with Gasteiger partial charge in [0.15, 0.2) is 5.60 Å². The van der Waals surface area contributed by atoms with Crippen molar-refractivity contribution in [2.45, 2.75) is 46.1 Å². The second-order valence-corrected chi connectivity index (χ2v) is 5.31. The van der Waals surface area contributed by atoms with E-state index in [1.807, 2.05) is 20.8 Å². The number of benzene rings is 1. The molecular formula is C14H19NO4. The van der Waals surface area contributed by atoms with E-state index < -0.39 is 11.5 Å². The number of hydrogen-bond acceptors (Lipinski definition) is 4. The minimum Gasteiger partial charge on any atom is -0.507 e. The van der Waals surface area contributed by atoms with Crippen molar-refractivity contribution in [3.8, 4) is 11.5 Å². The molecule has 1 aromatic rings. The molecule has 0 aliphatic carbocycles. The maximum Gasteiger partial charge on any atom is 0.287 e. The summed E-state index contributed by atoms with van der Waals surface area (Å²) in [5.74, 6) is 0.376. The highest BCUT2D eigenvalue weighted by Crippen LogP contribution is 2.43. The van der Waals surface area contributed by atoms with Gasteiger partial charge in [-0.1, -0.05) is 0 Å². The van der Waals surface area contributed by atoms with Crippen LogP contribution in [0.1, 0.15) is 35.6 Å². The minimum absolute atomic E-state index is 0.287. The van der Waals surface area contributed by atoms with Gasteiger partial charge in [0.2, 0.25) is 0 Å². The fourth-order valence-electron chi connectivity index (χ4n) is 2.53. The Labute approximate surface area is 112 Å². The van der Waals surface area contributed by atoms with Crippen LogP contribution in [0.15, 0.2) is 0 Å². The van der Waals surface area contributed by atoms with E-state index in [0.29, 0.717) is 18.6 Å². The third kappa shape index (κ3) is 1.94. The molecule has 3 N–H and O–H groups in total. The van der Waals surface area contributed by atoms with Gasteiger partial charge in [-0.05, 0) is 50.8 Å². The summed E-state index contributed by atoms with van der Waals surface area (Å²) in [7, 11) is 0. The van der Waals surface area contributed by atoms with E-state index in [4.69, 9.17) is 9.94 Å². The Morgan fingerprint density at radius 3 is 2.47 bits per heavy atom. The van der Waals surface area contributed by atoms with Gasteiger partial charge in [0.05, 0.1) is 0 Å². The first-order chi connectivity index (χ1) is 8.81. The number of fused-ring (bicyclic) bond motifs is 1. The third-order valence-corrected chi connectivity index (χ3v) is 4.10. The van der Waals surface area contributed by atoms with Gasteiger partial charge in [0.25, 0.3) is 5.91 Å². The van der Waals surface area contributed by atoms with E-state index in [0.717, 1.165) is 22.3 Å². The summed E-state index contributed by atoms with van der Waals surface area (Å²) in [4.78, 5) is 11.7. The zero-order valence-electron chi connectivity index (χ0n) is 11.6. The highest BCUT2D eigenvalue weighted by Gasteiger charge is 2.40. The van der Waals surface area contributed by atoms with Crippen molar-refractivity contribution in [1.82, 2.24) is 5.48 Å². The summed E-state index contributed by atoms with van der Waals surface area (Å²) in [5, 5.41) is 18.9. The van der Waals surface area contributed by atoms with Gasteiger partial charge >= 0.3 is 0 Å². The van der Waals surface area contributed by atoms with E-state index >= 15 is 0 Å². The van der Waals surface area contributed by atoms with Crippen molar-refractivity contribution >= 4 is 5.91 Å². The molecule has 0 fully saturated rings. The molecule has 1 atom stereocenters. The molecule has 0 saturated carbocycles. The lowest BCUT2D eigenvalue weighted by Crippen LogP contribution is -2.50. The molecule has 0 aromatic heterocycles. The Morgan fingerprint density at radius 1 is 1.26 bits per heavy atom. The molecule has 0 saturated heterocycles. The molecule has 0 unspecified atom stereocenters. The van der Waals surface area contributed by atoms with Gasteiger partial charge < -0.3 is 9.84 Å². The van der Waals surface area contributed by atoms with Gasteiger partial charge in [-0.15, -0.1) is 0 Å². The zero-order valence-corrected chi connectivity index (χ0v) is 11.6. The molecule has 5 heteroatoms. The van der Waals surface area contributed by atoms with Gasteiger partial charge in [-0.3, -0.25) is 10.0 Å². The molecule has 1 aromatic carbocycles. The summed E-state index contributed by atoms with van der Waals surface area (Å²) in [6.45, 7) is 7.17. The lowest BCUT2D eigenvalue weighted by atomic mass is 9.87. The fraction of sp³-hybridized carbons (Fsp3) is 0.500. The number of ether oxygens (including phenoxy) is 1. The number of carbonyl (C=O) groups excluding carboxylic acids is 1. The van der Waals surface area contributed by atoms with E-state index in [9.17, 15) is 9.90 Å². The predicted octanol–water partition coefficient (Wildman–Crippen LogP) is 1.91. The lowest BCUT2D eigenvalue weighted by Gasteiger charge is -2.35. The van der Waals surface area contributed by atoms with Gasteiger partial charge in [-0.25, -0.2) is 5.48 Å². The lowest BCUT2D eigenvalue weighted by molar-refractivity contribution is -0.145. The Kier molecular flexibility index (Phi) is 3.18. The van der Waals surface area contributed by atoms with Gasteiger partial charge in [-0.2, -0.15) is 0 Å². The summed E-state index contributed by atoms with van der Waals surface area (Å²) >= 11 is 0. The number of phenolic OH excluding ortho intramolecular Hbond substituents is 1. The molecule has 104 valence electrons. The van der Waals surface area contributed by atoms with Crippen molar-refractivity contribution in [2.24, 2.45) is 0 Å². The summed E-state index contributed by atoms with van der Waals surface area (Å²) in [5.41, 5.74) is 3.88. The number of rotatable bonds is 1. The van der Waals surface area contributed by atoms with Crippen LogP contribution in [0.3, 0.4) is 0 Å². The molecule has 5 nitrogen and oxygen atoms in total. The Balaban J connectivity index is 2.55. The Bertz CT molecular complexity index is 553. The number of hydroxylamine groups is 1. The van der Waals surface area contributed by atoms with Crippen LogP contribution in [0.5, 0.6) is 11.5 Å². The average Bonchev–Trinajstić information content (AvgIpc) is 2.41. The zero-order chi connectivity index (χ0) is 14.4. The quantitative estimate of drug-likeness (QED) is 0.535. The highest BCUT2D eigenvalue weighted by molar-refractivity contribution is 5.84. The van der Waals surface area contributed by atoms with Gasteiger partial charge in [0.1, 0.15) is 11.5 Å². The Morgan fingerprint density at radius 2 is 1.89 bits per heavy atom.